The van der Waals surface area contributed by atoms with Crippen molar-refractivity contribution in [2.75, 3.05) is 58.1 Å². The third kappa shape index (κ3) is 8.47. The molecule has 0 spiro atoms. The van der Waals surface area contributed by atoms with Crippen molar-refractivity contribution in [1.82, 2.24) is 14.9 Å². The maximum Gasteiger partial charge on any atom is 0.119 e. The second-order valence-corrected chi connectivity index (χ2v) is 12.5. The molecule has 246 valence electrons. The van der Waals surface area contributed by atoms with Crippen molar-refractivity contribution in [2.24, 2.45) is 0 Å². The Bertz CT molecular complexity index is 1910. The lowest BCUT2D eigenvalue weighted by molar-refractivity contribution is 0.309. The summed E-state index contributed by atoms with van der Waals surface area (Å²) in [7, 11) is 5.49. The van der Waals surface area contributed by atoms with E-state index in [0.29, 0.717) is 15.8 Å². The van der Waals surface area contributed by atoms with E-state index in [1.54, 1.807) is 14.2 Å². The summed E-state index contributed by atoms with van der Waals surface area (Å²) in [6.45, 7) is 9.79. The summed E-state index contributed by atoms with van der Waals surface area (Å²) in [5, 5.41) is 11.9. The molecule has 2 heterocycles. The number of pyridine rings is 2. The first-order chi connectivity index (χ1) is 22.8. The third-order valence-corrected chi connectivity index (χ3v) is 8.82. The molecule has 47 heavy (non-hydrogen) atoms. The molecule has 0 unspecified atom stereocenters. The minimum atomic E-state index is 0.583. The van der Waals surface area contributed by atoms with E-state index in [4.69, 9.17) is 42.6 Å². The molecule has 5 rings (SSSR count). The van der Waals surface area contributed by atoms with E-state index in [1.807, 2.05) is 60.7 Å². The van der Waals surface area contributed by atoms with Crippen LogP contribution in [0.2, 0.25) is 10.0 Å². The zero-order valence-corrected chi connectivity index (χ0v) is 29.1. The molecule has 0 amide bonds. The number of benzene rings is 3. The van der Waals surface area contributed by atoms with Crippen LogP contribution in [0.1, 0.15) is 37.4 Å². The molecule has 7 nitrogen and oxygen atoms in total. The number of hydrogen-bond donors (Lipinski definition) is 2. The standard InChI is InChI=1S/C38H43Cl2N5O2/c1-6-29-33(16-10-25(2)46-4)43-35-22-26(39)11-14-30(35)37(29)41-18-7-8-20-45(3)21-9-19-42-38-31-15-12-27(40)23-36(31)44-34-17-13-28(47-5)24-32(34)38/h10-17,22-24H,2,6-9,18-21H2,1,3-5H3,(H,41,43)(H,42,44)/b16-10-. The number of allylic oxidation sites excluding steroid dienone is 1. The first kappa shape index (κ1) is 34.3. The molecule has 0 fully saturated rings. The van der Waals surface area contributed by atoms with Crippen LogP contribution in [-0.2, 0) is 11.2 Å². The quantitative estimate of drug-likeness (QED) is 0.0468. The number of nitrogens with one attached hydrogen (secondary N) is 2. The first-order valence-corrected chi connectivity index (χ1v) is 16.8. The first-order valence-electron chi connectivity index (χ1n) is 16.1. The number of methoxy groups -OCH3 is 2. The zero-order chi connectivity index (χ0) is 33.3. The molecule has 2 N–H and O–H groups in total. The summed E-state index contributed by atoms with van der Waals surface area (Å²) in [4.78, 5) is 12.1. The van der Waals surface area contributed by atoms with Gasteiger partial charge in [-0.3, -0.25) is 0 Å². The number of anilines is 2. The van der Waals surface area contributed by atoms with Crippen molar-refractivity contribution in [3.8, 4) is 5.75 Å². The second kappa shape index (κ2) is 16.2. The fourth-order valence-corrected chi connectivity index (χ4v) is 6.18. The Morgan fingerprint density at radius 3 is 2.17 bits per heavy atom. The maximum atomic E-state index is 6.33. The molecule has 0 radical (unpaired) electrons. The van der Waals surface area contributed by atoms with Gasteiger partial charge in [0.05, 0.1) is 42.2 Å². The van der Waals surface area contributed by atoms with E-state index in [2.05, 4.69) is 42.2 Å². The van der Waals surface area contributed by atoms with E-state index >= 15 is 0 Å². The van der Waals surface area contributed by atoms with Gasteiger partial charge in [-0.2, -0.15) is 0 Å². The highest BCUT2D eigenvalue weighted by Crippen LogP contribution is 2.35. The van der Waals surface area contributed by atoms with Gasteiger partial charge < -0.3 is 25.0 Å². The molecular formula is C38H43Cl2N5O2. The lowest BCUT2D eigenvalue weighted by Crippen LogP contribution is -2.23. The lowest BCUT2D eigenvalue weighted by atomic mass is 10.0. The van der Waals surface area contributed by atoms with E-state index in [-0.39, 0.29) is 0 Å². The molecule has 0 atom stereocenters. The van der Waals surface area contributed by atoms with Crippen LogP contribution in [0.15, 0.2) is 73.0 Å². The summed E-state index contributed by atoms with van der Waals surface area (Å²) in [6, 6.07) is 17.7. The SMILES string of the molecule is C=C(/C=C\c1nc2cc(Cl)ccc2c(NCCCCN(C)CCCNc2c3ccc(Cl)cc3nc3ccc(OC)cc23)c1CC)OC. The van der Waals surface area contributed by atoms with Crippen LogP contribution in [0.25, 0.3) is 38.8 Å². The second-order valence-electron chi connectivity index (χ2n) is 11.6. The van der Waals surface area contributed by atoms with Crippen LogP contribution >= 0.6 is 23.2 Å². The van der Waals surface area contributed by atoms with Gasteiger partial charge in [0.1, 0.15) is 11.5 Å². The van der Waals surface area contributed by atoms with Crippen molar-refractivity contribution in [3.63, 3.8) is 0 Å². The molecule has 0 aliphatic heterocycles. The third-order valence-electron chi connectivity index (χ3n) is 8.35. The largest absolute Gasteiger partial charge is 0.497 e. The van der Waals surface area contributed by atoms with Gasteiger partial charge in [0.25, 0.3) is 0 Å². The smallest absolute Gasteiger partial charge is 0.119 e. The van der Waals surface area contributed by atoms with Crippen molar-refractivity contribution in [3.05, 3.63) is 94.3 Å². The fourth-order valence-electron chi connectivity index (χ4n) is 5.84. The average molecular weight is 673 g/mol. The number of aromatic nitrogens is 2. The summed E-state index contributed by atoms with van der Waals surface area (Å²) in [5.41, 5.74) is 6.90. The topological polar surface area (TPSA) is 71.5 Å². The Kier molecular flexibility index (Phi) is 11.8. The number of unbranched alkanes of at least 4 members (excludes halogenated alkanes) is 1. The van der Waals surface area contributed by atoms with Crippen LogP contribution in [0, 0.1) is 0 Å². The Hall–Kier alpha value is -4.04. The number of fused-ring (bicyclic) bond motifs is 3. The molecule has 9 heteroatoms. The normalized spacial score (nSPS) is 11.6. The Morgan fingerprint density at radius 1 is 0.809 bits per heavy atom. The van der Waals surface area contributed by atoms with Crippen molar-refractivity contribution < 1.29 is 9.47 Å². The number of hydrogen-bond acceptors (Lipinski definition) is 7. The summed E-state index contributed by atoms with van der Waals surface area (Å²) in [6.07, 6.45) is 7.81. The van der Waals surface area contributed by atoms with Gasteiger partial charge in [-0.05, 0) is 113 Å². The van der Waals surface area contributed by atoms with Gasteiger partial charge in [0.2, 0.25) is 0 Å². The van der Waals surface area contributed by atoms with Crippen LogP contribution in [0.4, 0.5) is 11.4 Å². The molecule has 0 saturated heterocycles. The number of halogens is 2. The van der Waals surface area contributed by atoms with Crippen LogP contribution < -0.4 is 15.4 Å². The molecular weight excluding hydrogens is 629 g/mol. The monoisotopic (exact) mass is 671 g/mol. The van der Waals surface area contributed by atoms with Gasteiger partial charge in [0.15, 0.2) is 0 Å². The number of ether oxygens (including phenoxy) is 2. The summed E-state index contributed by atoms with van der Waals surface area (Å²) >= 11 is 12.6. The van der Waals surface area contributed by atoms with Gasteiger partial charge in [0, 0.05) is 50.5 Å². The Labute approximate surface area is 287 Å². The highest BCUT2D eigenvalue weighted by molar-refractivity contribution is 6.31. The molecule has 0 bridgehead atoms. The minimum Gasteiger partial charge on any atom is -0.497 e. The fraction of sp³-hybridized carbons (Fsp3) is 0.316. The Morgan fingerprint density at radius 2 is 1.47 bits per heavy atom. The van der Waals surface area contributed by atoms with Gasteiger partial charge in [-0.1, -0.05) is 36.7 Å². The average Bonchev–Trinajstić information content (AvgIpc) is 3.07. The zero-order valence-electron chi connectivity index (χ0n) is 27.6. The summed E-state index contributed by atoms with van der Waals surface area (Å²) < 4.78 is 10.7. The molecule has 3 aromatic carbocycles. The lowest BCUT2D eigenvalue weighted by Gasteiger charge is -2.19. The molecule has 0 saturated carbocycles. The van der Waals surface area contributed by atoms with Gasteiger partial charge >= 0.3 is 0 Å². The van der Waals surface area contributed by atoms with Crippen molar-refractivity contribution >= 4 is 73.4 Å². The van der Waals surface area contributed by atoms with E-state index in [0.717, 1.165) is 107 Å². The summed E-state index contributed by atoms with van der Waals surface area (Å²) in [5.74, 6) is 1.39. The van der Waals surface area contributed by atoms with Crippen LogP contribution in [-0.4, -0.2) is 62.3 Å². The number of nitrogens with zero attached hydrogens (tertiary/aromatic N) is 3. The molecule has 0 aliphatic carbocycles. The molecule has 0 aliphatic rings. The number of rotatable bonds is 16. The van der Waals surface area contributed by atoms with Gasteiger partial charge in [-0.25, -0.2) is 9.97 Å². The molecule has 2 aromatic heterocycles. The van der Waals surface area contributed by atoms with E-state index in [9.17, 15) is 0 Å². The maximum absolute atomic E-state index is 6.33. The predicted octanol–water partition coefficient (Wildman–Crippen LogP) is 9.61. The van der Waals surface area contributed by atoms with Crippen LogP contribution in [0.5, 0.6) is 5.75 Å². The molecule has 5 aromatic rings. The van der Waals surface area contributed by atoms with E-state index < -0.39 is 0 Å². The van der Waals surface area contributed by atoms with Crippen molar-refractivity contribution in [2.45, 2.75) is 32.6 Å². The van der Waals surface area contributed by atoms with E-state index in [1.165, 1.54) is 5.56 Å². The van der Waals surface area contributed by atoms with Crippen molar-refractivity contribution in [1.29, 1.82) is 0 Å². The Balaban J connectivity index is 1.16. The highest BCUT2D eigenvalue weighted by atomic mass is 35.5. The predicted molar refractivity (Wildman–Crippen MR) is 200 cm³/mol. The highest BCUT2D eigenvalue weighted by Gasteiger charge is 2.14. The van der Waals surface area contributed by atoms with Crippen LogP contribution in [0.3, 0.4) is 0 Å². The minimum absolute atomic E-state index is 0.583. The van der Waals surface area contributed by atoms with Gasteiger partial charge in [-0.15, -0.1) is 0 Å².